The van der Waals surface area contributed by atoms with Gasteiger partial charge in [-0.3, -0.25) is 4.90 Å². The van der Waals surface area contributed by atoms with E-state index >= 15 is 0 Å². The molecule has 2 aliphatic rings. The fraction of sp³-hybridized carbons (Fsp3) is 0.625. The van der Waals surface area contributed by atoms with Crippen molar-refractivity contribution in [2.45, 2.75) is 25.3 Å². The molecule has 5 heteroatoms. The number of nitrogens with two attached hydrogens (primary N) is 1. The number of hydrogen-bond donors (Lipinski definition) is 1. The molecule has 2 atom stereocenters. The summed E-state index contributed by atoms with van der Waals surface area (Å²) in [6.07, 6.45) is 3.70. The van der Waals surface area contributed by atoms with Crippen LogP contribution in [0, 0.1) is 5.92 Å². The van der Waals surface area contributed by atoms with Crippen LogP contribution in [-0.2, 0) is 0 Å². The molecule has 1 saturated heterocycles. The Kier molecular flexibility index (Phi) is 4.72. The summed E-state index contributed by atoms with van der Waals surface area (Å²) in [4.78, 5) is 2.43. The summed E-state index contributed by atoms with van der Waals surface area (Å²) < 4.78 is 12.4. The standard InChI is InChI=1S/C16H23BrN2O2/c1-19-5-3-2-4-11(10-18)15(19)12-8-13(17)16-14(9-12)20-6-7-21-16/h8-9,11,15H,2-7,10,18H2,1H3. The van der Waals surface area contributed by atoms with E-state index < -0.39 is 0 Å². The van der Waals surface area contributed by atoms with Crippen LogP contribution in [0.15, 0.2) is 16.6 Å². The van der Waals surface area contributed by atoms with E-state index in [-0.39, 0.29) is 0 Å². The van der Waals surface area contributed by atoms with Gasteiger partial charge in [0.15, 0.2) is 11.5 Å². The lowest BCUT2D eigenvalue weighted by molar-refractivity contribution is 0.167. The predicted molar refractivity (Wildman–Crippen MR) is 86.9 cm³/mol. The zero-order chi connectivity index (χ0) is 14.8. The molecule has 0 aliphatic carbocycles. The molecule has 2 heterocycles. The summed E-state index contributed by atoms with van der Waals surface area (Å²) in [5, 5.41) is 0. The zero-order valence-corrected chi connectivity index (χ0v) is 14.1. The van der Waals surface area contributed by atoms with E-state index in [0.717, 1.165) is 29.1 Å². The van der Waals surface area contributed by atoms with E-state index in [0.29, 0.717) is 25.2 Å². The zero-order valence-electron chi connectivity index (χ0n) is 12.5. The van der Waals surface area contributed by atoms with Crippen molar-refractivity contribution in [1.82, 2.24) is 4.90 Å². The highest BCUT2D eigenvalue weighted by Gasteiger charge is 2.30. The Morgan fingerprint density at radius 1 is 1.29 bits per heavy atom. The van der Waals surface area contributed by atoms with Gasteiger partial charge >= 0.3 is 0 Å². The van der Waals surface area contributed by atoms with Crippen LogP contribution in [0.4, 0.5) is 0 Å². The van der Waals surface area contributed by atoms with Gasteiger partial charge in [-0.05, 0) is 72.5 Å². The molecule has 0 bridgehead atoms. The summed E-state index contributed by atoms with van der Waals surface area (Å²) in [6.45, 7) is 3.07. The molecular formula is C16H23BrN2O2. The molecule has 21 heavy (non-hydrogen) atoms. The average Bonchev–Trinajstić information content (AvgIpc) is 2.68. The second-order valence-electron chi connectivity index (χ2n) is 5.94. The maximum Gasteiger partial charge on any atom is 0.175 e. The lowest BCUT2D eigenvalue weighted by atomic mass is 9.89. The summed E-state index contributed by atoms with van der Waals surface area (Å²) >= 11 is 3.63. The van der Waals surface area contributed by atoms with Gasteiger partial charge in [0.2, 0.25) is 0 Å². The fourth-order valence-corrected chi connectivity index (χ4v) is 4.07. The number of benzene rings is 1. The lowest BCUT2D eigenvalue weighted by Crippen LogP contribution is -2.33. The minimum atomic E-state index is 0.352. The maximum absolute atomic E-state index is 6.04. The third-order valence-electron chi connectivity index (χ3n) is 4.52. The van der Waals surface area contributed by atoms with E-state index in [1.165, 1.54) is 24.8 Å². The van der Waals surface area contributed by atoms with Crippen LogP contribution < -0.4 is 15.2 Å². The second kappa shape index (κ2) is 6.55. The molecule has 1 aromatic carbocycles. The number of nitrogens with zero attached hydrogens (tertiary/aromatic N) is 1. The minimum Gasteiger partial charge on any atom is -0.486 e. The number of halogens is 1. The molecule has 2 aliphatic heterocycles. The topological polar surface area (TPSA) is 47.7 Å². The van der Waals surface area contributed by atoms with Crippen molar-refractivity contribution in [3.63, 3.8) is 0 Å². The molecule has 1 fully saturated rings. The first-order valence-electron chi connectivity index (χ1n) is 7.70. The Balaban J connectivity index is 1.98. The summed E-state index contributed by atoms with van der Waals surface area (Å²) in [5.74, 6) is 2.16. The van der Waals surface area contributed by atoms with Crippen molar-refractivity contribution < 1.29 is 9.47 Å². The van der Waals surface area contributed by atoms with Crippen molar-refractivity contribution in [3.05, 3.63) is 22.2 Å². The van der Waals surface area contributed by atoms with Crippen molar-refractivity contribution in [3.8, 4) is 11.5 Å². The monoisotopic (exact) mass is 354 g/mol. The highest BCUT2D eigenvalue weighted by Crippen LogP contribution is 2.43. The largest absolute Gasteiger partial charge is 0.486 e. The molecule has 0 amide bonds. The molecule has 0 aromatic heterocycles. The lowest BCUT2D eigenvalue weighted by Gasteiger charge is -2.33. The van der Waals surface area contributed by atoms with E-state index in [4.69, 9.17) is 15.2 Å². The predicted octanol–water partition coefficient (Wildman–Crippen LogP) is 2.95. The number of rotatable bonds is 2. The van der Waals surface area contributed by atoms with Crippen LogP contribution in [0.1, 0.15) is 30.9 Å². The Labute approximate surface area is 134 Å². The first-order chi connectivity index (χ1) is 10.2. The van der Waals surface area contributed by atoms with Gasteiger partial charge in [-0.2, -0.15) is 0 Å². The summed E-state index contributed by atoms with van der Waals surface area (Å²) in [6, 6.07) is 4.65. The van der Waals surface area contributed by atoms with Gasteiger partial charge in [-0.1, -0.05) is 6.42 Å². The number of ether oxygens (including phenoxy) is 2. The summed E-state index contributed by atoms with van der Waals surface area (Å²) in [7, 11) is 2.20. The molecule has 2 unspecified atom stereocenters. The smallest absolute Gasteiger partial charge is 0.175 e. The van der Waals surface area contributed by atoms with E-state index in [2.05, 4.69) is 40.0 Å². The van der Waals surface area contributed by atoms with Crippen molar-refractivity contribution in [1.29, 1.82) is 0 Å². The Bertz CT molecular complexity index is 509. The molecule has 0 saturated carbocycles. The van der Waals surface area contributed by atoms with E-state index in [9.17, 15) is 0 Å². The molecule has 0 spiro atoms. The van der Waals surface area contributed by atoms with E-state index in [1.54, 1.807) is 0 Å². The normalized spacial score (nSPS) is 26.4. The first-order valence-corrected chi connectivity index (χ1v) is 8.49. The molecule has 0 radical (unpaired) electrons. The maximum atomic E-state index is 6.04. The Hall–Kier alpha value is -0.780. The SMILES string of the molecule is CN1CCCCC(CN)C1c1cc(Br)c2c(c1)OCCO2. The Morgan fingerprint density at radius 2 is 2.10 bits per heavy atom. The molecular weight excluding hydrogens is 332 g/mol. The van der Waals surface area contributed by atoms with E-state index in [1.807, 2.05) is 0 Å². The van der Waals surface area contributed by atoms with Crippen LogP contribution >= 0.6 is 15.9 Å². The average molecular weight is 355 g/mol. The van der Waals surface area contributed by atoms with Crippen LogP contribution in [0.5, 0.6) is 11.5 Å². The number of fused-ring (bicyclic) bond motifs is 1. The van der Waals surface area contributed by atoms with Gasteiger partial charge in [-0.25, -0.2) is 0 Å². The van der Waals surface area contributed by atoms with Gasteiger partial charge in [0, 0.05) is 6.04 Å². The summed E-state index contributed by atoms with van der Waals surface area (Å²) in [5.41, 5.74) is 7.31. The van der Waals surface area contributed by atoms with Gasteiger partial charge in [-0.15, -0.1) is 0 Å². The molecule has 2 N–H and O–H groups in total. The van der Waals surface area contributed by atoms with Gasteiger partial charge in [0.25, 0.3) is 0 Å². The third-order valence-corrected chi connectivity index (χ3v) is 5.11. The second-order valence-corrected chi connectivity index (χ2v) is 6.80. The number of hydrogen-bond acceptors (Lipinski definition) is 4. The van der Waals surface area contributed by atoms with Gasteiger partial charge < -0.3 is 15.2 Å². The Morgan fingerprint density at radius 3 is 2.90 bits per heavy atom. The van der Waals surface area contributed by atoms with Crippen molar-refractivity contribution in [2.24, 2.45) is 11.7 Å². The highest BCUT2D eigenvalue weighted by molar-refractivity contribution is 9.10. The quantitative estimate of drug-likeness (QED) is 0.886. The molecule has 1 aromatic rings. The first kappa shape index (κ1) is 15.1. The molecule has 4 nitrogen and oxygen atoms in total. The molecule has 3 rings (SSSR count). The molecule has 116 valence electrons. The third kappa shape index (κ3) is 3.05. The van der Waals surface area contributed by atoms with Crippen molar-refractivity contribution >= 4 is 15.9 Å². The van der Waals surface area contributed by atoms with Crippen LogP contribution in [0.2, 0.25) is 0 Å². The highest BCUT2D eigenvalue weighted by atomic mass is 79.9. The van der Waals surface area contributed by atoms with Gasteiger partial charge in [0.1, 0.15) is 13.2 Å². The van der Waals surface area contributed by atoms with Crippen molar-refractivity contribution in [2.75, 3.05) is 33.4 Å². The fourth-order valence-electron chi connectivity index (χ4n) is 3.50. The van der Waals surface area contributed by atoms with Crippen LogP contribution in [0.3, 0.4) is 0 Å². The van der Waals surface area contributed by atoms with Crippen LogP contribution in [0.25, 0.3) is 0 Å². The minimum absolute atomic E-state index is 0.352. The van der Waals surface area contributed by atoms with Crippen LogP contribution in [-0.4, -0.2) is 38.3 Å². The number of likely N-dealkylation sites (tertiary alicyclic amines) is 1. The van der Waals surface area contributed by atoms with Gasteiger partial charge in [0.05, 0.1) is 4.47 Å².